The second kappa shape index (κ2) is 8.98. The fourth-order valence-electron chi connectivity index (χ4n) is 5.34. The number of aliphatic hydroxyl groups is 1. The summed E-state index contributed by atoms with van der Waals surface area (Å²) in [7, 11) is 0. The topological polar surface area (TPSA) is 66.8 Å². The van der Waals surface area contributed by atoms with Crippen LogP contribution in [-0.4, -0.2) is 33.8 Å². The maximum absolute atomic E-state index is 13.4. The molecule has 1 saturated carbocycles. The van der Waals surface area contributed by atoms with Crippen LogP contribution < -0.4 is 4.74 Å². The third kappa shape index (κ3) is 3.85. The summed E-state index contributed by atoms with van der Waals surface area (Å²) in [6.07, 6.45) is 3.77. The van der Waals surface area contributed by atoms with Crippen molar-refractivity contribution < 1.29 is 19.4 Å². The lowest BCUT2D eigenvalue weighted by Crippen LogP contribution is -2.37. The molecule has 0 aromatic heterocycles. The van der Waals surface area contributed by atoms with Crippen molar-refractivity contribution >= 4 is 28.2 Å². The molecule has 0 radical (unpaired) electrons. The average molecular weight is 456 g/mol. The van der Waals surface area contributed by atoms with E-state index in [1.807, 2.05) is 74.5 Å². The highest BCUT2D eigenvalue weighted by atomic mass is 16.5. The zero-order valence-electron chi connectivity index (χ0n) is 19.5. The smallest absolute Gasteiger partial charge is 0.295 e. The highest BCUT2D eigenvalue weighted by molar-refractivity contribution is 6.46. The van der Waals surface area contributed by atoms with Gasteiger partial charge in [-0.1, -0.05) is 67.4 Å². The Morgan fingerprint density at radius 2 is 1.68 bits per heavy atom. The molecule has 1 atom stereocenters. The van der Waals surface area contributed by atoms with Gasteiger partial charge in [0, 0.05) is 11.6 Å². The van der Waals surface area contributed by atoms with Crippen LogP contribution in [0, 0.1) is 0 Å². The van der Waals surface area contributed by atoms with Crippen molar-refractivity contribution in [1.29, 1.82) is 0 Å². The van der Waals surface area contributed by atoms with E-state index in [-0.39, 0.29) is 23.5 Å². The molecule has 1 heterocycles. The maximum atomic E-state index is 13.4. The van der Waals surface area contributed by atoms with Gasteiger partial charge in [0.05, 0.1) is 17.7 Å². The van der Waals surface area contributed by atoms with Crippen LogP contribution >= 0.6 is 0 Å². The Kier molecular flexibility index (Phi) is 5.86. The summed E-state index contributed by atoms with van der Waals surface area (Å²) in [5, 5.41) is 13.4. The summed E-state index contributed by atoms with van der Waals surface area (Å²) in [6, 6.07) is 20.2. The number of benzene rings is 3. The molecular weight excluding hydrogens is 426 g/mol. The molecule has 174 valence electrons. The van der Waals surface area contributed by atoms with Crippen molar-refractivity contribution in [3.63, 3.8) is 0 Å². The second-order valence-electron chi connectivity index (χ2n) is 9.41. The average Bonchev–Trinajstić information content (AvgIpc) is 3.45. The maximum Gasteiger partial charge on any atom is 0.295 e. The molecule has 1 aliphatic carbocycles. The van der Waals surface area contributed by atoms with Crippen molar-refractivity contribution in [3.8, 4) is 5.75 Å². The highest BCUT2D eigenvalue weighted by Crippen LogP contribution is 2.44. The standard InChI is InChI=1S/C29H29NO4/c1-18(2)34-22-14-7-11-20(17-22)26-25(28(32)29(33)30(26)21-12-4-5-13-21)27(31)24-16-8-10-19-9-3-6-15-23(19)24/h3,6-11,14-18,21,26,31H,4-5,12-13H2,1-2H3/b27-25-. The molecule has 2 aliphatic rings. The zero-order valence-corrected chi connectivity index (χ0v) is 19.5. The Labute approximate surface area is 199 Å². The molecular formula is C29H29NO4. The molecule has 5 rings (SSSR count). The highest BCUT2D eigenvalue weighted by Gasteiger charge is 2.49. The van der Waals surface area contributed by atoms with Gasteiger partial charge in [0.1, 0.15) is 11.5 Å². The fourth-order valence-corrected chi connectivity index (χ4v) is 5.34. The predicted molar refractivity (Wildman–Crippen MR) is 133 cm³/mol. The number of hydrogen-bond donors (Lipinski definition) is 1. The lowest BCUT2D eigenvalue weighted by Gasteiger charge is -2.31. The van der Waals surface area contributed by atoms with E-state index in [1.165, 1.54) is 0 Å². The molecule has 34 heavy (non-hydrogen) atoms. The summed E-state index contributed by atoms with van der Waals surface area (Å²) in [6.45, 7) is 3.91. The largest absolute Gasteiger partial charge is 0.507 e. The lowest BCUT2D eigenvalue weighted by molar-refractivity contribution is -0.141. The Balaban J connectivity index is 1.71. The summed E-state index contributed by atoms with van der Waals surface area (Å²) < 4.78 is 5.90. The van der Waals surface area contributed by atoms with E-state index in [2.05, 4.69) is 0 Å². The monoisotopic (exact) mass is 455 g/mol. The van der Waals surface area contributed by atoms with Gasteiger partial charge in [-0.25, -0.2) is 0 Å². The molecule has 1 aliphatic heterocycles. The van der Waals surface area contributed by atoms with Gasteiger partial charge in [-0.15, -0.1) is 0 Å². The number of ketones is 1. The molecule has 3 aromatic carbocycles. The number of aliphatic hydroxyl groups excluding tert-OH is 1. The number of likely N-dealkylation sites (tertiary alicyclic amines) is 1. The Morgan fingerprint density at radius 1 is 0.971 bits per heavy atom. The van der Waals surface area contributed by atoms with E-state index in [0.717, 1.165) is 42.0 Å². The van der Waals surface area contributed by atoms with Gasteiger partial charge >= 0.3 is 0 Å². The third-order valence-electron chi connectivity index (χ3n) is 6.79. The van der Waals surface area contributed by atoms with Gasteiger partial charge in [0.2, 0.25) is 0 Å². The van der Waals surface area contributed by atoms with Crippen molar-refractivity contribution in [2.24, 2.45) is 0 Å². The first-order valence-corrected chi connectivity index (χ1v) is 12.0. The van der Waals surface area contributed by atoms with Gasteiger partial charge < -0.3 is 14.7 Å². The van der Waals surface area contributed by atoms with Crippen LogP contribution in [0.3, 0.4) is 0 Å². The number of ether oxygens (including phenoxy) is 1. The molecule has 3 aromatic rings. The Morgan fingerprint density at radius 3 is 2.44 bits per heavy atom. The van der Waals surface area contributed by atoms with Gasteiger partial charge in [-0.2, -0.15) is 0 Å². The fraction of sp³-hybridized carbons (Fsp3) is 0.310. The number of fused-ring (bicyclic) bond motifs is 1. The molecule has 1 amide bonds. The minimum Gasteiger partial charge on any atom is -0.507 e. The summed E-state index contributed by atoms with van der Waals surface area (Å²) in [5.74, 6) is -0.614. The van der Waals surface area contributed by atoms with Crippen LogP contribution in [0.4, 0.5) is 0 Å². The van der Waals surface area contributed by atoms with Crippen molar-refractivity contribution in [1.82, 2.24) is 4.90 Å². The van der Waals surface area contributed by atoms with E-state index < -0.39 is 17.7 Å². The molecule has 1 N–H and O–H groups in total. The molecule has 1 unspecified atom stereocenters. The number of nitrogens with zero attached hydrogens (tertiary/aromatic N) is 1. The normalized spacial score (nSPS) is 20.6. The number of hydrogen-bond acceptors (Lipinski definition) is 4. The van der Waals surface area contributed by atoms with E-state index in [9.17, 15) is 14.7 Å². The van der Waals surface area contributed by atoms with Gasteiger partial charge in [0.25, 0.3) is 11.7 Å². The molecule has 0 spiro atoms. The molecule has 5 nitrogen and oxygen atoms in total. The minimum absolute atomic E-state index is 0.00729. The van der Waals surface area contributed by atoms with E-state index in [1.54, 1.807) is 11.0 Å². The number of Topliss-reactive ketones (excluding diaryl/α,β-unsaturated/α-hetero) is 1. The van der Waals surface area contributed by atoms with Crippen molar-refractivity contribution in [2.75, 3.05) is 0 Å². The molecule has 2 fully saturated rings. The van der Waals surface area contributed by atoms with Gasteiger partial charge in [-0.3, -0.25) is 9.59 Å². The Hall–Kier alpha value is -3.60. The zero-order chi connectivity index (χ0) is 23.8. The first kappa shape index (κ1) is 22.2. The number of rotatable bonds is 5. The molecule has 0 bridgehead atoms. The van der Waals surface area contributed by atoms with Crippen LogP contribution in [-0.2, 0) is 9.59 Å². The first-order valence-electron chi connectivity index (χ1n) is 12.0. The number of carbonyl (C=O) groups is 2. The summed E-state index contributed by atoms with van der Waals surface area (Å²) >= 11 is 0. The summed E-state index contributed by atoms with van der Waals surface area (Å²) in [4.78, 5) is 28.5. The van der Waals surface area contributed by atoms with E-state index >= 15 is 0 Å². The van der Waals surface area contributed by atoms with Crippen LogP contribution in [0.2, 0.25) is 0 Å². The van der Waals surface area contributed by atoms with E-state index in [0.29, 0.717) is 11.3 Å². The number of carbonyl (C=O) groups excluding carboxylic acids is 2. The molecule has 5 heteroatoms. The molecule has 1 saturated heterocycles. The quantitative estimate of drug-likeness (QED) is 0.291. The van der Waals surface area contributed by atoms with Gasteiger partial charge in [0.15, 0.2) is 0 Å². The van der Waals surface area contributed by atoms with Crippen LogP contribution in [0.15, 0.2) is 72.3 Å². The first-order chi connectivity index (χ1) is 16.5. The number of amides is 1. The SMILES string of the molecule is CC(C)Oc1cccc(C2/C(=C(/O)c3cccc4ccccc34)C(=O)C(=O)N2C2CCCC2)c1. The third-order valence-corrected chi connectivity index (χ3v) is 6.79. The van der Waals surface area contributed by atoms with E-state index in [4.69, 9.17) is 4.74 Å². The van der Waals surface area contributed by atoms with Crippen molar-refractivity contribution in [3.05, 3.63) is 83.4 Å². The Bertz CT molecular complexity index is 1280. The predicted octanol–water partition coefficient (Wildman–Crippen LogP) is 5.99. The van der Waals surface area contributed by atoms with Crippen molar-refractivity contribution in [2.45, 2.75) is 57.7 Å². The second-order valence-corrected chi connectivity index (χ2v) is 9.41. The van der Waals surface area contributed by atoms with Crippen LogP contribution in [0.25, 0.3) is 16.5 Å². The van der Waals surface area contributed by atoms with Gasteiger partial charge in [-0.05, 0) is 55.2 Å². The lowest BCUT2D eigenvalue weighted by atomic mass is 9.93. The minimum atomic E-state index is -0.655. The van der Waals surface area contributed by atoms with Crippen LogP contribution in [0.1, 0.15) is 56.7 Å². The van der Waals surface area contributed by atoms with Crippen LogP contribution in [0.5, 0.6) is 5.75 Å². The summed E-state index contributed by atoms with van der Waals surface area (Å²) in [5.41, 5.74) is 1.48.